The van der Waals surface area contributed by atoms with E-state index in [1.165, 1.54) is 18.6 Å². The van der Waals surface area contributed by atoms with E-state index in [0.29, 0.717) is 17.7 Å². The standard InChI is InChI=1S/C15H16N2O3/c1-2-20-13-5-3-12(4-6-13)17-8-14-11(10-18)7-16-9-15(14)19/h3-9,18-19H,2,10H2,1H3. The van der Waals surface area contributed by atoms with Crippen molar-refractivity contribution in [3.63, 3.8) is 0 Å². The number of aromatic nitrogens is 1. The number of rotatable bonds is 5. The molecule has 2 N–H and O–H groups in total. The lowest BCUT2D eigenvalue weighted by Gasteiger charge is -2.04. The van der Waals surface area contributed by atoms with Crippen LogP contribution in [0.1, 0.15) is 18.1 Å². The molecule has 0 fully saturated rings. The van der Waals surface area contributed by atoms with E-state index in [1.54, 1.807) is 0 Å². The average molecular weight is 272 g/mol. The monoisotopic (exact) mass is 272 g/mol. The number of hydrogen-bond donors (Lipinski definition) is 2. The van der Waals surface area contributed by atoms with Gasteiger partial charge in [0.05, 0.1) is 25.1 Å². The number of nitrogens with zero attached hydrogens (tertiary/aromatic N) is 2. The van der Waals surface area contributed by atoms with Gasteiger partial charge in [-0.25, -0.2) is 0 Å². The number of aliphatic hydroxyl groups excluding tert-OH is 1. The molecule has 20 heavy (non-hydrogen) atoms. The Bertz CT molecular complexity index is 595. The van der Waals surface area contributed by atoms with Gasteiger partial charge < -0.3 is 14.9 Å². The van der Waals surface area contributed by atoms with Crippen LogP contribution in [0.15, 0.2) is 41.7 Å². The van der Waals surface area contributed by atoms with Crippen molar-refractivity contribution in [1.29, 1.82) is 0 Å². The van der Waals surface area contributed by atoms with Crippen molar-refractivity contribution in [3.8, 4) is 11.5 Å². The van der Waals surface area contributed by atoms with Crippen LogP contribution in [0.4, 0.5) is 5.69 Å². The molecule has 0 saturated heterocycles. The van der Waals surface area contributed by atoms with Gasteiger partial charge in [-0.3, -0.25) is 9.98 Å². The maximum Gasteiger partial charge on any atom is 0.142 e. The summed E-state index contributed by atoms with van der Waals surface area (Å²) in [5, 5.41) is 18.9. The molecule has 1 aromatic heterocycles. The molecule has 0 spiro atoms. The molecule has 0 aliphatic rings. The molecule has 0 bridgehead atoms. The quantitative estimate of drug-likeness (QED) is 0.820. The van der Waals surface area contributed by atoms with Crippen LogP contribution in [-0.2, 0) is 6.61 Å². The van der Waals surface area contributed by atoms with Crippen LogP contribution in [0.5, 0.6) is 11.5 Å². The number of pyridine rings is 1. The van der Waals surface area contributed by atoms with E-state index in [0.717, 1.165) is 11.4 Å². The second-order valence-electron chi connectivity index (χ2n) is 4.07. The van der Waals surface area contributed by atoms with Crippen molar-refractivity contribution in [2.45, 2.75) is 13.5 Å². The van der Waals surface area contributed by atoms with Crippen LogP contribution >= 0.6 is 0 Å². The van der Waals surface area contributed by atoms with Crippen molar-refractivity contribution >= 4 is 11.9 Å². The summed E-state index contributed by atoms with van der Waals surface area (Å²) in [6.45, 7) is 2.34. The lowest BCUT2D eigenvalue weighted by molar-refractivity contribution is 0.280. The van der Waals surface area contributed by atoms with Crippen molar-refractivity contribution in [3.05, 3.63) is 47.8 Å². The molecule has 0 unspecified atom stereocenters. The van der Waals surface area contributed by atoms with Gasteiger partial charge in [-0.1, -0.05) is 0 Å². The first-order valence-corrected chi connectivity index (χ1v) is 6.28. The third-order valence-corrected chi connectivity index (χ3v) is 2.71. The largest absolute Gasteiger partial charge is 0.506 e. The summed E-state index contributed by atoms with van der Waals surface area (Å²) in [5.74, 6) is 0.778. The SMILES string of the molecule is CCOc1ccc(N=Cc2c(O)cncc2CO)cc1. The van der Waals surface area contributed by atoms with E-state index in [1.807, 2.05) is 31.2 Å². The second-order valence-corrected chi connectivity index (χ2v) is 4.07. The van der Waals surface area contributed by atoms with Gasteiger partial charge in [0.15, 0.2) is 0 Å². The van der Waals surface area contributed by atoms with Gasteiger partial charge in [0.2, 0.25) is 0 Å². The zero-order chi connectivity index (χ0) is 14.4. The van der Waals surface area contributed by atoms with Crippen LogP contribution in [0.3, 0.4) is 0 Å². The molecule has 0 radical (unpaired) electrons. The highest BCUT2D eigenvalue weighted by Crippen LogP contribution is 2.21. The van der Waals surface area contributed by atoms with Crippen LogP contribution in [0.25, 0.3) is 0 Å². The fourth-order valence-corrected chi connectivity index (χ4v) is 1.71. The predicted octanol–water partition coefficient (Wildman–Crippen LogP) is 2.43. The smallest absolute Gasteiger partial charge is 0.142 e. The number of hydrogen-bond acceptors (Lipinski definition) is 5. The second kappa shape index (κ2) is 6.68. The van der Waals surface area contributed by atoms with E-state index in [-0.39, 0.29) is 12.4 Å². The van der Waals surface area contributed by atoms with E-state index in [4.69, 9.17) is 4.74 Å². The summed E-state index contributed by atoms with van der Waals surface area (Å²) >= 11 is 0. The maximum atomic E-state index is 9.73. The minimum atomic E-state index is -0.202. The van der Waals surface area contributed by atoms with Crippen molar-refractivity contribution in [2.24, 2.45) is 4.99 Å². The number of aromatic hydroxyl groups is 1. The van der Waals surface area contributed by atoms with Crippen LogP contribution in [0, 0.1) is 0 Å². The zero-order valence-corrected chi connectivity index (χ0v) is 11.2. The Labute approximate surface area is 117 Å². The number of ether oxygens (including phenoxy) is 1. The minimum absolute atomic E-state index is 0.00811. The maximum absolute atomic E-state index is 9.73. The summed E-state index contributed by atoms with van der Waals surface area (Å²) in [6.07, 6.45) is 4.33. The highest BCUT2D eigenvalue weighted by Gasteiger charge is 2.05. The molecule has 0 atom stereocenters. The molecule has 5 nitrogen and oxygen atoms in total. The first-order chi connectivity index (χ1) is 9.74. The minimum Gasteiger partial charge on any atom is -0.506 e. The molecule has 0 aliphatic carbocycles. The van der Waals surface area contributed by atoms with E-state index >= 15 is 0 Å². The normalized spacial score (nSPS) is 10.9. The van der Waals surface area contributed by atoms with Crippen LogP contribution in [0.2, 0.25) is 0 Å². The van der Waals surface area contributed by atoms with Crippen molar-refractivity contribution in [1.82, 2.24) is 4.98 Å². The van der Waals surface area contributed by atoms with Gasteiger partial charge in [0.1, 0.15) is 11.5 Å². The Kier molecular flexibility index (Phi) is 4.68. The molecular weight excluding hydrogens is 256 g/mol. The number of aliphatic imine (C=N–C) groups is 1. The summed E-state index contributed by atoms with van der Waals surface area (Å²) in [4.78, 5) is 8.08. The fraction of sp³-hybridized carbons (Fsp3) is 0.200. The summed E-state index contributed by atoms with van der Waals surface area (Å²) in [5.41, 5.74) is 1.73. The third kappa shape index (κ3) is 3.33. The topological polar surface area (TPSA) is 74.9 Å². The Hall–Kier alpha value is -2.40. The summed E-state index contributed by atoms with van der Waals surface area (Å²) < 4.78 is 5.35. The molecule has 0 aliphatic heterocycles. The lowest BCUT2D eigenvalue weighted by atomic mass is 10.1. The number of benzene rings is 1. The Morgan fingerprint density at radius 2 is 2.00 bits per heavy atom. The molecular formula is C15H16N2O3. The molecule has 0 saturated carbocycles. The lowest BCUT2D eigenvalue weighted by Crippen LogP contribution is -1.94. The molecule has 1 aromatic carbocycles. The third-order valence-electron chi connectivity index (χ3n) is 2.71. The molecule has 2 aromatic rings. The zero-order valence-electron chi connectivity index (χ0n) is 11.2. The fourth-order valence-electron chi connectivity index (χ4n) is 1.71. The first kappa shape index (κ1) is 14.0. The van der Waals surface area contributed by atoms with Crippen molar-refractivity contribution in [2.75, 3.05) is 6.61 Å². The molecule has 1 heterocycles. The van der Waals surface area contributed by atoms with Gasteiger partial charge in [0.25, 0.3) is 0 Å². The number of aliphatic hydroxyl groups is 1. The van der Waals surface area contributed by atoms with Gasteiger partial charge in [-0.15, -0.1) is 0 Å². The molecule has 2 rings (SSSR count). The predicted molar refractivity (Wildman–Crippen MR) is 76.7 cm³/mol. The molecule has 5 heteroatoms. The van der Waals surface area contributed by atoms with Gasteiger partial charge in [-0.2, -0.15) is 0 Å². The van der Waals surface area contributed by atoms with Crippen LogP contribution in [-0.4, -0.2) is 28.0 Å². The first-order valence-electron chi connectivity index (χ1n) is 6.28. The summed E-state index contributed by atoms with van der Waals surface area (Å²) in [6, 6.07) is 7.29. The Morgan fingerprint density at radius 3 is 2.65 bits per heavy atom. The van der Waals surface area contributed by atoms with Gasteiger partial charge >= 0.3 is 0 Å². The van der Waals surface area contributed by atoms with Crippen LogP contribution < -0.4 is 4.74 Å². The Morgan fingerprint density at radius 1 is 1.25 bits per heavy atom. The van der Waals surface area contributed by atoms with Gasteiger partial charge in [-0.05, 0) is 31.2 Å². The summed E-state index contributed by atoms with van der Waals surface area (Å²) in [7, 11) is 0. The molecule has 104 valence electrons. The van der Waals surface area contributed by atoms with Gasteiger partial charge in [0, 0.05) is 23.5 Å². The van der Waals surface area contributed by atoms with E-state index in [2.05, 4.69) is 9.98 Å². The van der Waals surface area contributed by atoms with E-state index < -0.39 is 0 Å². The molecule has 0 amide bonds. The highest BCUT2D eigenvalue weighted by atomic mass is 16.5. The van der Waals surface area contributed by atoms with E-state index in [9.17, 15) is 10.2 Å². The average Bonchev–Trinajstić information content (AvgIpc) is 2.47. The van der Waals surface area contributed by atoms with Crippen molar-refractivity contribution < 1.29 is 14.9 Å². The highest BCUT2D eigenvalue weighted by molar-refractivity contribution is 5.86. The Balaban J connectivity index is 2.21.